The second-order valence-electron chi connectivity index (χ2n) is 7.62. The van der Waals surface area contributed by atoms with E-state index in [1.165, 1.54) is 0 Å². The Morgan fingerprint density at radius 3 is 2.81 bits per heavy atom. The molecule has 7 heteroatoms. The van der Waals surface area contributed by atoms with Gasteiger partial charge in [-0.3, -0.25) is 4.79 Å². The molecule has 2 heterocycles. The van der Waals surface area contributed by atoms with Gasteiger partial charge in [0.2, 0.25) is 0 Å². The Labute approximate surface area is 153 Å². The van der Waals surface area contributed by atoms with Crippen LogP contribution in [0.5, 0.6) is 11.5 Å². The number of hydrogen-bond acceptors (Lipinski definition) is 5. The molecule has 0 bridgehead atoms. The highest BCUT2D eigenvalue weighted by Gasteiger charge is 2.30. The first-order valence-corrected chi connectivity index (χ1v) is 8.98. The van der Waals surface area contributed by atoms with Gasteiger partial charge in [0.05, 0.1) is 5.56 Å². The largest absolute Gasteiger partial charge is 0.486 e. The summed E-state index contributed by atoms with van der Waals surface area (Å²) < 4.78 is 16.5. The number of rotatable bonds is 3. The van der Waals surface area contributed by atoms with Gasteiger partial charge in [-0.1, -0.05) is 6.07 Å². The van der Waals surface area contributed by atoms with E-state index >= 15 is 0 Å². The predicted octanol–water partition coefficient (Wildman–Crippen LogP) is 2.44. The summed E-state index contributed by atoms with van der Waals surface area (Å²) in [6.07, 6.45) is 0.542. The van der Waals surface area contributed by atoms with E-state index in [-0.39, 0.29) is 17.9 Å². The van der Waals surface area contributed by atoms with Gasteiger partial charge >= 0.3 is 6.09 Å². The molecule has 0 aliphatic carbocycles. The third-order valence-corrected chi connectivity index (χ3v) is 4.30. The van der Waals surface area contributed by atoms with Crippen LogP contribution in [0.25, 0.3) is 0 Å². The Bertz CT molecular complexity index is 683. The number of likely N-dealkylation sites (tertiary alicyclic amines) is 1. The molecular weight excluding hydrogens is 336 g/mol. The summed E-state index contributed by atoms with van der Waals surface area (Å²) in [4.78, 5) is 26.3. The van der Waals surface area contributed by atoms with Gasteiger partial charge in [0.15, 0.2) is 11.5 Å². The molecule has 0 saturated carbocycles. The molecule has 1 saturated heterocycles. The van der Waals surface area contributed by atoms with Crippen molar-refractivity contribution in [2.45, 2.75) is 32.8 Å². The van der Waals surface area contributed by atoms with Crippen molar-refractivity contribution in [2.24, 2.45) is 5.92 Å². The molecule has 7 nitrogen and oxygen atoms in total. The van der Waals surface area contributed by atoms with Crippen molar-refractivity contribution in [1.82, 2.24) is 10.2 Å². The quantitative estimate of drug-likeness (QED) is 0.894. The normalized spacial score (nSPS) is 19.2. The first kappa shape index (κ1) is 18.4. The number of benzene rings is 1. The Morgan fingerprint density at radius 2 is 2.04 bits per heavy atom. The zero-order valence-electron chi connectivity index (χ0n) is 15.5. The van der Waals surface area contributed by atoms with Crippen LogP contribution in [0, 0.1) is 5.92 Å². The lowest BCUT2D eigenvalue weighted by atomic mass is 10.1. The van der Waals surface area contributed by atoms with Crippen molar-refractivity contribution in [3.05, 3.63) is 23.8 Å². The SMILES string of the molecule is CC(C)(C)OC(=O)N1CCC(CNC(=O)c2cccc3c2OCCO3)C1. The molecule has 2 amide bonds. The minimum absolute atomic E-state index is 0.192. The van der Waals surface area contributed by atoms with Crippen LogP contribution >= 0.6 is 0 Å². The zero-order chi connectivity index (χ0) is 18.7. The summed E-state index contributed by atoms with van der Waals surface area (Å²) in [7, 11) is 0. The predicted molar refractivity (Wildman–Crippen MR) is 95.7 cm³/mol. The number of nitrogens with zero attached hydrogens (tertiary/aromatic N) is 1. The lowest BCUT2D eigenvalue weighted by Gasteiger charge is -2.24. The van der Waals surface area contributed by atoms with Gasteiger partial charge in [-0.25, -0.2) is 4.79 Å². The van der Waals surface area contributed by atoms with Crippen LogP contribution in [0.1, 0.15) is 37.6 Å². The van der Waals surface area contributed by atoms with Crippen molar-refractivity contribution < 1.29 is 23.8 Å². The summed E-state index contributed by atoms with van der Waals surface area (Å²) in [6, 6.07) is 5.30. The van der Waals surface area contributed by atoms with Gasteiger partial charge in [-0.05, 0) is 45.2 Å². The van der Waals surface area contributed by atoms with E-state index in [2.05, 4.69) is 5.32 Å². The highest BCUT2D eigenvalue weighted by molar-refractivity contribution is 5.97. The maximum absolute atomic E-state index is 12.5. The monoisotopic (exact) mass is 362 g/mol. The van der Waals surface area contributed by atoms with Crippen LogP contribution in [0.3, 0.4) is 0 Å². The Hall–Kier alpha value is -2.44. The second-order valence-corrected chi connectivity index (χ2v) is 7.62. The summed E-state index contributed by atoms with van der Waals surface area (Å²) in [6.45, 7) is 8.21. The second kappa shape index (κ2) is 7.43. The topological polar surface area (TPSA) is 77.1 Å². The van der Waals surface area contributed by atoms with Crippen molar-refractivity contribution in [3.8, 4) is 11.5 Å². The van der Waals surface area contributed by atoms with Crippen molar-refractivity contribution in [1.29, 1.82) is 0 Å². The summed E-state index contributed by atoms with van der Waals surface area (Å²) in [5.74, 6) is 1.12. The number of fused-ring (bicyclic) bond motifs is 1. The van der Waals surface area contributed by atoms with Gasteiger partial charge in [0, 0.05) is 19.6 Å². The van der Waals surface area contributed by atoms with Crippen molar-refractivity contribution >= 4 is 12.0 Å². The van der Waals surface area contributed by atoms with Gasteiger partial charge in [0.1, 0.15) is 18.8 Å². The van der Waals surface area contributed by atoms with Crippen LogP contribution in [-0.2, 0) is 4.74 Å². The Kier molecular flexibility index (Phi) is 5.25. The lowest BCUT2D eigenvalue weighted by Crippen LogP contribution is -2.36. The fourth-order valence-corrected chi connectivity index (χ4v) is 3.08. The van der Waals surface area contributed by atoms with Crippen LogP contribution in [0.4, 0.5) is 4.79 Å². The molecule has 0 radical (unpaired) electrons. The molecule has 0 spiro atoms. The third kappa shape index (κ3) is 4.39. The fraction of sp³-hybridized carbons (Fsp3) is 0.579. The molecule has 26 heavy (non-hydrogen) atoms. The van der Waals surface area contributed by atoms with Crippen LogP contribution in [0.15, 0.2) is 18.2 Å². The van der Waals surface area contributed by atoms with Gasteiger partial charge in [-0.15, -0.1) is 0 Å². The van der Waals surface area contributed by atoms with Crippen LogP contribution < -0.4 is 14.8 Å². The summed E-state index contributed by atoms with van der Waals surface area (Å²) in [5, 5.41) is 2.95. The van der Waals surface area contributed by atoms with E-state index in [1.54, 1.807) is 23.1 Å². The van der Waals surface area contributed by atoms with Gasteiger partial charge < -0.3 is 24.4 Å². The number of amides is 2. The maximum atomic E-state index is 12.5. The molecule has 142 valence electrons. The molecule has 2 aliphatic heterocycles. The minimum Gasteiger partial charge on any atom is -0.486 e. The number of carbonyl (C=O) groups is 2. The fourth-order valence-electron chi connectivity index (χ4n) is 3.08. The number of nitrogens with one attached hydrogen (secondary N) is 1. The minimum atomic E-state index is -0.502. The lowest BCUT2D eigenvalue weighted by molar-refractivity contribution is 0.0288. The standard InChI is InChI=1S/C19H26N2O5/c1-19(2,3)26-18(23)21-8-7-13(12-21)11-20-17(22)14-5-4-6-15-16(14)25-10-9-24-15/h4-6,13H,7-12H2,1-3H3,(H,20,22). The Morgan fingerprint density at radius 1 is 1.27 bits per heavy atom. The molecule has 3 rings (SSSR count). The van der Waals surface area contributed by atoms with E-state index < -0.39 is 5.60 Å². The Balaban J connectivity index is 1.52. The van der Waals surface area contributed by atoms with E-state index in [4.69, 9.17) is 14.2 Å². The average molecular weight is 362 g/mol. The average Bonchev–Trinajstić information content (AvgIpc) is 3.07. The highest BCUT2D eigenvalue weighted by atomic mass is 16.6. The third-order valence-electron chi connectivity index (χ3n) is 4.30. The molecule has 2 aliphatic rings. The highest BCUT2D eigenvalue weighted by Crippen LogP contribution is 2.33. The molecule has 1 aromatic carbocycles. The number of carbonyl (C=O) groups excluding carboxylic acids is 2. The maximum Gasteiger partial charge on any atom is 0.410 e. The van der Waals surface area contributed by atoms with Gasteiger partial charge in [-0.2, -0.15) is 0 Å². The van der Waals surface area contributed by atoms with E-state index in [9.17, 15) is 9.59 Å². The molecular formula is C19H26N2O5. The van der Waals surface area contributed by atoms with Crippen molar-refractivity contribution in [3.63, 3.8) is 0 Å². The molecule has 1 fully saturated rings. The molecule has 1 atom stereocenters. The molecule has 1 unspecified atom stereocenters. The number of hydrogen-bond donors (Lipinski definition) is 1. The smallest absolute Gasteiger partial charge is 0.410 e. The zero-order valence-corrected chi connectivity index (χ0v) is 15.5. The van der Waals surface area contributed by atoms with E-state index in [0.717, 1.165) is 6.42 Å². The summed E-state index contributed by atoms with van der Waals surface area (Å²) >= 11 is 0. The molecule has 1 aromatic rings. The van der Waals surface area contributed by atoms with Gasteiger partial charge in [0.25, 0.3) is 5.91 Å². The van der Waals surface area contributed by atoms with Crippen LogP contribution in [0.2, 0.25) is 0 Å². The first-order chi connectivity index (χ1) is 12.3. The summed E-state index contributed by atoms with van der Waals surface area (Å²) in [5.41, 5.74) is -0.0260. The molecule has 0 aromatic heterocycles. The first-order valence-electron chi connectivity index (χ1n) is 8.98. The van der Waals surface area contributed by atoms with Crippen LogP contribution in [-0.4, -0.2) is 55.3 Å². The van der Waals surface area contributed by atoms with E-state index in [0.29, 0.717) is 49.9 Å². The van der Waals surface area contributed by atoms with E-state index in [1.807, 2.05) is 20.8 Å². The number of para-hydroxylation sites is 1. The molecule has 1 N–H and O–H groups in total. The van der Waals surface area contributed by atoms with Crippen molar-refractivity contribution in [2.75, 3.05) is 32.8 Å². The number of ether oxygens (including phenoxy) is 3.